The Balaban J connectivity index is 1.96. The SMILES string of the molecule is O=c1[nH]c(Cc2ccc(Cl)cc2Cl)nc(C2CC2)c1I. The lowest BCUT2D eigenvalue weighted by Gasteiger charge is -2.07. The molecule has 0 atom stereocenters. The Kier molecular flexibility index (Phi) is 4.06. The Morgan fingerprint density at radius 2 is 2.10 bits per heavy atom. The van der Waals surface area contributed by atoms with E-state index in [0.29, 0.717) is 31.8 Å². The monoisotopic (exact) mass is 420 g/mol. The molecule has 0 radical (unpaired) electrons. The number of hydrogen-bond acceptors (Lipinski definition) is 2. The first-order valence-corrected chi connectivity index (χ1v) is 8.10. The molecule has 1 aliphatic carbocycles. The summed E-state index contributed by atoms with van der Waals surface area (Å²) in [5.41, 5.74) is 1.76. The quantitative estimate of drug-likeness (QED) is 0.758. The highest BCUT2D eigenvalue weighted by atomic mass is 127. The number of halogens is 3. The second-order valence-corrected chi connectivity index (χ2v) is 6.82. The van der Waals surface area contributed by atoms with Gasteiger partial charge in [0.05, 0.1) is 9.26 Å². The van der Waals surface area contributed by atoms with Crippen LogP contribution in [0.1, 0.15) is 35.8 Å². The maximum Gasteiger partial charge on any atom is 0.264 e. The van der Waals surface area contributed by atoms with Crippen molar-refractivity contribution in [2.45, 2.75) is 25.2 Å². The number of aromatic amines is 1. The minimum atomic E-state index is -0.0671. The second-order valence-electron chi connectivity index (χ2n) is 4.90. The third-order valence-electron chi connectivity index (χ3n) is 3.27. The third kappa shape index (κ3) is 3.02. The minimum absolute atomic E-state index is 0.0671. The lowest BCUT2D eigenvalue weighted by Crippen LogP contribution is -2.18. The first-order valence-electron chi connectivity index (χ1n) is 6.27. The van der Waals surface area contributed by atoms with Gasteiger partial charge >= 0.3 is 0 Å². The normalized spacial score (nSPS) is 14.6. The molecule has 20 heavy (non-hydrogen) atoms. The summed E-state index contributed by atoms with van der Waals surface area (Å²) in [7, 11) is 0. The summed E-state index contributed by atoms with van der Waals surface area (Å²) in [6.07, 6.45) is 2.74. The molecule has 0 unspecified atom stereocenters. The number of aromatic nitrogens is 2. The van der Waals surface area contributed by atoms with Crippen LogP contribution in [0.5, 0.6) is 0 Å². The molecule has 1 fully saturated rings. The lowest BCUT2D eigenvalue weighted by atomic mass is 10.1. The van der Waals surface area contributed by atoms with Crippen molar-refractivity contribution >= 4 is 45.8 Å². The van der Waals surface area contributed by atoms with E-state index in [1.165, 1.54) is 0 Å². The molecule has 6 heteroatoms. The molecule has 3 nitrogen and oxygen atoms in total. The van der Waals surface area contributed by atoms with Crippen molar-refractivity contribution in [1.29, 1.82) is 0 Å². The Labute approximate surface area is 139 Å². The highest BCUT2D eigenvalue weighted by molar-refractivity contribution is 14.1. The number of rotatable bonds is 3. The summed E-state index contributed by atoms with van der Waals surface area (Å²) in [5.74, 6) is 1.10. The Bertz CT molecular complexity index is 726. The van der Waals surface area contributed by atoms with E-state index in [1.807, 2.05) is 6.07 Å². The first-order chi connectivity index (χ1) is 9.54. The summed E-state index contributed by atoms with van der Waals surface area (Å²) < 4.78 is 0.705. The van der Waals surface area contributed by atoms with Crippen molar-refractivity contribution in [2.24, 2.45) is 0 Å². The number of hydrogen-bond donors (Lipinski definition) is 1. The summed E-state index contributed by atoms with van der Waals surface area (Å²) in [4.78, 5) is 19.4. The molecule has 0 amide bonds. The number of H-pyrrole nitrogens is 1. The number of nitrogens with zero attached hydrogens (tertiary/aromatic N) is 1. The predicted octanol–water partition coefficient (Wildman–Crippen LogP) is 4.15. The van der Waals surface area contributed by atoms with Gasteiger partial charge in [-0.1, -0.05) is 29.3 Å². The molecule has 1 N–H and O–H groups in total. The van der Waals surface area contributed by atoms with Crippen molar-refractivity contribution in [3.63, 3.8) is 0 Å². The molecule has 0 bridgehead atoms. The van der Waals surface area contributed by atoms with Gasteiger partial charge in [0.1, 0.15) is 5.82 Å². The average molecular weight is 421 g/mol. The average Bonchev–Trinajstić information content (AvgIpc) is 3.21. The van der Waals surface area contributed by atoms with Gasteiger partial charge in [-0.25, -0.2) is 4.98 Å². The van der Waals surface area contributed by atoms with Crippen molar-refractivity contribution in [3.05, 3.63) is 59.3 Å². The van der Waals surface area contributed by atoms with Crippen LogP contribution in [0.3, 0.4) is 0 Å². The van der Waals surface area contributed by atoms with Crippen molar-refractivity contribution < 1.29 is 0 Å². The van der Waals surface area contributed by atoms with E-state index in [1.54, 1.807) is 12.1 Å². The van der Waals surface area contributed by atoms with Crippen LogP contribution in [0, 0.1) is 3.57 Å². The molecular weight excluding hydrogens is 410 g/mol. The summed E-state index contributed by atoms with van der Waals surface area (Å²) in [6.45, 7) is 0. The fraction of sp³-hybridized carbons (Fsp3) is 0.286. The van der Waals surface area contributed by atoms with Crippen LogP contribution in [-0.4, -0.2) is 9.97 Å². The second kappa shape index (κ2) is 5.66. The molecule has 3 rings (SSSR count). The van der Waals surface area contributed by atoms with Crippen LogP contribution in [0.25, 0.3) is 0 Å². The molecule has 0 aliphatic heterocycles. The maximum atomic E-state index is 12.0. The van der Waals surface area contributed by atoms with E-state index in [-0.39, 0.29) is 5.56 Å². The van der Waals surface area contributed by atoms with Crippen LogP contribution in [0.15, 0.2) is 23.0 Å². The zero-order valence-electron chi connectivity index (χ0n) is 10.4. The van der Waals surface area contributed by atoms with Gasteiger partial charge in [-0.15, -0.1) is 0 Å². The fourth-order valence-corrected chi connectivity index (χ4v) is 3.25. The predicted molar refractivity (Wildman–Crippen MR) is 88.8 cm³/mol. The Hall–Kier alpha value is -0.590. The van der Waals surface area contributed by atoms with Gasteiger partial charge in [0, 0.05) is 22.4 Å². The molecule has 1 heterocycles. The van der Waals surface area contributed by atoms with Crippen LogP contribution in [0.2, 0.25) is 10.0 Å². The summed E-state index contributed by atoms with van der Waals surface area (Å²) >= 11 is 14.1. The van der Waals surface area contributed by atoms with Gasteiger partial charge in [0.2, 0.25) is 0 Å². The van der Waals surface area contributed by atoms with E-state index in [4.69, 9.17) is 23.2 Å². The standard InChI is InChI=1S/C14H11Cl2IN2O/c15-9-4-3-8(10(16)6-9)5-11-18-13(7-1-2-7)12(17)14(20)19-11/h3-4,6-7H,1-2,5H2,(H,18,19,20). The van der Waals surface area contributed by atoms with Crippen molar-refractivity contribution in [2.75, 3.05) is 0 Å². The van der Waals surface area contributed by atoms with Crippen molar-refractivity contribution in [3.8, 4) is 0 Å². The topological polar surface area (TPSA) is 45.8 Å². The molecular formula is C14H11Cl2IN2O. The van der Waals surface area contributed by atoms with E-state index < -0.39 is 0 Å². The molecule has 1 aromatic carbocycles. The van der Waals surface area contributed by atoms with Gasteiger partial charge in [-0.3, -0.25) is 4.79 Å². The summed E-state index contributed by atoms with van der Waals surface area (Å²) in [5, 5.41) is 1.19. The summed E-state index contributed by atoms with van der Waals surface area (Å²) in [6, 6.07) is 5.35. The minimum Gasteiger partial charge on any atom is -0.309 e. The number of benzene rings is 1. The fourth-order valence-electron chi connectivity index (χ4n) is 2.08. The van der Waals surface area contributed by atoms with E-state index >= 15 is 0 Å². The first kappa shape index (κ1) is 14.4. The zero-order chi connectivity index (χ0) is 14.3. The van der Waals surface area contributed by atoms with Crippen LogP contribution in [0.4, 0.5) is 0 Å². The van der Waals surface area contributed by atoms with Gasteiger partial charge in [0.15, 0.2) is 0 Å². The van der Waals surface area contributed by atoms with E-state index in [9.17, 15) is 4.79 Å². The highest BCUT2D eigenvalue weighted by Gasteiger charge is 2.28. The van der Waals surface area contributed by atoms with Gasteiger partial charge in [-0.05, 0) is 53.1 Å². The van der Waals surface area contributed by atoms with Gasteiger partial charge in [-0.2, -0.15) is 0 Å². The number of nitrogens with one attached hydrogen (secondary N) is 1. The molecule has 104 valence electrons. The van der Waals surface area contributed by atoms with Gasteiger partial charge < -0.3 is 4.98 Å². The lowest BCUT2D eigenvalue weighted by molar-refractivity contribution is 0.869. The van der Waals surface area contributed by atoms with E-state index in [2.05, 4.69) is 32.6 Å². The van der Waals surface area contributed by atoms with Crippen LogP contribution in [-0.2, 0) is 6.42 Å². The van der Waals surface area contributed by atoms with E-state index in [0.717, 1.165) is 24.1 Å². The Morgan fingerprint density at radius 3 is 2.75 bits per heavy atom. The van der Waals surface area contributed by atoms with Crippen LogP contribution >= 0.6 is 45.8 Å². The molecule has 0 saturated heterocycles. The van der Waals surface area contributed by atoms with Crippen molar-refractivity contribution in [1.82, 2.24) is 9.97 Å². The highest BCUT2D eigenvalue weighted by Crippen LogP contribution is 2.40. The Morgan fingerprint density at radius 1 is 1.35 bits per heavy atom. The molecule has 2 aromatic rings. The smallest absolute Gasteiger partial charge is 0.264 e. The molecule has 1 aliphatic rings. The maximum absolute atomic E-state index is 12.0. The molecule has 1 saturated carbocycles. The van der Waals surface area contributed by atoms with Crippen LogP contribution < -0.4 is 5.56 Å². The zero-order valence-corrected chi connectivity index (χ0v) is 14.1. The van der Waals surface area contributed by atoms with Gasteiger partial charge in [0.25, 0.3) is 5.56 Å². The largest absolute Gasteiger partial charge is 0.309 e. The molecule has 0 spiro atoms. The molecule has 1 aromatic heterocycles. The third-order valence-corrected chi connectivity index (χ3v) is 4.90.